The van der Waals surface area contributed by atoms with Crippen molar-refractivity contribution in [2.24, 2.45) is 11.8 Å². The predicted octanol–water partition coefficient (Wildman–Crippen LogP) is 4.44. The Hall–Kier alpha value is -1.07. The van der Waals surface area contributed by atoms with Crippen molar-refractivity contribution in [2.45, 2.75) is 40.0 Å². The van der Waals surface area contributed by atoms with Gasteiger partial charge in [0.1, 0.15) is 5.75 Å². The van der Waals surface area contributed by atoms with Crippen LogP contribution in [0.3, 0.4) is 0 Å². The zero-order chi connectivity index (χ0) is 18.2. The standard InChI is InChI=1S/C20H30BrNO3/c1-4-24-20(23)14-22-11-8-17(9-12-22)15(2)10-13-25-19-7-5-6-18(21)16(19)3/h5-7,15,17H,4,8-14H2,1-3H3/t15-/m1/s1. The molecule has 1 aromatic carbocycles. The molecule has 0 aromatic heterocycles. The number of carbonyl (C=O) groups excluding carboxylic acids is 1. The number of likely N-dealkylation sites (tertiary alicyclic amines) is 1. The average molecular weight is 412 g/mol. The first kappa shape index (κ1) is 20.2. The zero-order valence-electron chi connectivity index (χ0n) is 15.6. The van der Waals surface area contributed by atoms with E-state index in [0.29, 0.717) is 25.0 Å². The van der Waals surface area contributed by atoms with Crippen LogP contribution in [0.25, 0.3) is 0 Å². The lowest BCUT2D eigenvalue weighted by atomic mass is 9.84. The second-order valence-corrected chi connectivity index (χ2v) is 7.75. The molecule has 0 radical (unpaired) electrons. The Morgan fingerprint density at radius 3 is 2.76 bits per heavy atom. The van der Waals surface area contributed by atoms with E-state index in [1.165, 1.54) is 0 Å². The minimum absolute atomic E-state index is 0.105. The van der Waals surface area contributed by atoms with Crippen molar-refractivity contribution in [3.05, 3.63) is 28.2 Å². The van der Waals surface area contributed by atoms with Crippen LogP contribution < -0.4 is 4.74 Å². The second kappa shape index (κ2) is 10.2. The van der Waals surface area contributed by atoms with E-state index in [2.05, 4.69) is 34.7 Å². The summed E-state index contributed by atoms with van der Waals surface area (Å²) in [7, 11) is 0. The van der Waals surface area contributed by atoms with Crippen LogP contribution in [0.5, 0.6) is 5.75 Å². The summed E-state index contributed by atoms with van der Waals surface area (Å²) in [6.07, 6.45) is 3.36. The van der Waals surface area contributed by atoms with Crippen molar-refractivity contribution in [2.75, 3.05) is 32.8 Å². The molecule has 1 atom stereocenters. The Balaban J connectivity index is 1.69. The number of rotatable bonds is 8. The van der Waals surface area contributed by atoms with E-state index in [4.69, 9.17) is 9.47 Å². The maximum atomic E-state index is 11.6. The van der Waals surface area contributed by atoms with Gasteiger partial charge in [0.05, 0.1) is 19.8 Å². The molecule has 1 fully saturated rings. The molecule has 5 heteroatoms. The highest BCUT2D eigenvalue weighted by Gasteiger charge is 2.25. The molecule has 140 valence electrons. The second-order valence-electron chi connectivity index (χ2n) is 6.90. The van der Waals surface area contributed by atoms with Crippen molar-refractivity contribution in [1.82, 2.24) is 4.90 Å². The van der Waals surface area contributed by atoms with Gasteiger partial charge >= 0.3 is 5.97 Å². The molecule has 1 aliphatic heterocycles. The normalized spacial score (nSPS) is 17.3. The van der Waals surface area contributed by atoms with Crippen molar-refractivity contribution < 1.29 is 14.3 Å². The SMILES string of the molecule is CCOC(=O)CN1CCC([C@H](C)CCOc2cccc(Br)c2C)CC1. The van der Waals surface area contributed by atoms with Gasteiger partial charge < -0.3 is 9.47 Å². The number of hydrogen-bond donors (Lipinski definition) is 0. The Labute approximate surface area is 160 Å². The summed E-state index contributed by atoms with van der Waals surface area (Å²) < 4.78 is 12.1. The van der Waals surface area contributed by atoms with Crippen LogP contribution in [0.15, 0.2) is 22.7 Å². The monoisotopic (exact) mass is 411 g/mol. The quantitative estimate of drug-likeness (QED) is 0.592. The molecule has 1 heterocycles. The molecule has 1 aliphatic rings. The maximum absolute atomic E-state index is 11.6. The van der Waals surface area contributed by atoms with E-state index in [1.54, 1.807) is 0 Å². The number of nitrogens with zero attached hydrogens (tertiary/aromatic N) is 1. The molecule has 0 N–H and O–H groups in total. The number of piperidine rings is 1. The van der Waals surface area contributed by atoms with E-state index in [1.807, 2.05) is 25.1 Å². The number of halogens is 1. The zero-order valence-corrected chi connectivity index (χ0v) is 17.2. The molecule has 0 aliphatic carbocycles. The van der Waals surface area contributed by atoms with Crippen molar-refractivity contribution in [3.8, 4) is 5.75 Å². The molecular formula is C20H30BrNO3. The first-order valence-electron chi connectivity index (χ1n) is 9.27. The van der Waals surface area contributed by atoms with Gasteiger partial charge in [0.15, 0.2) is 0 Å². The fourth-order valence-electron chi connectivity index (χ4n) is 3.40. The molecule has 2 rings (SSSR count). The molecule has 0 unspecified atom stereocenters. The van der Waals surface area contributed by atoms with Gasteiger partial charge in [0, 0.05) is 10.0 Å². The molecule has 1 aromatic rings. The van der Waals surface area contributed by atoms with Crippen LogP contribution in [0.4, 0.5) is 0 Å². The smallest absolute Gasteiger partial charge is 0.320 e. The van der Waals surface area contributed by atoms with Crippen LogP contribution in [0, 0.1) is 18.8 Å². The van der Waals surface area contributed by atoms with Crippen LogP contribution in [0.2, 0.25) is 0 Å². The van der Waals surface area contributed by atoms with Gasteiger partial charge in [-0.3, -0.25) is 9.69 Å². The van der Waals surface area contributed by atoms with Gasteiger partial charge in [0.2, 0.25) is 0 Å². The number of carbonyl (C=O) groups is 1. The topological polar surface area (TPSA) is 38.8 Å². The molecule has 25 heavy (non-hydrogen) atoms. The van der Waals surface area contributed by atoms with Gasteiger partial charge in [0.25, 0.3) is 0 Å². The van der Waals surface area contributed by atoms with Gasteiger partial charge in [-0.25, -0.2) is 0 Å². The van der Waals surface area contributed by atoms with Crippen molar-refractivity contribution in [1.29, 1.82) is 0 Å². The molecule has 0 amide bonds. The summed E-state index contributed by atoms with van der Waals surface area (Å²) in [6, 6.07) is 6.07. The first-order valence-corrected chi connectivity index (χ1v) is 10.1. The Kier molecular flexibility index (Phi) is 8.24. The van der Waals surface area contributed by atoms with E-state index >= 15 is 0 Å². The van der Waals surface area contributed by atoms with Gasteiger partial charge in [-0.1, -0.05) is 28.9 Å². The molecule has 0 saturated carbocycles. The van der Waals surface area contributed by atoms with Crippen LogP contribution in [0.1, 0.15) is 38.7 Å². The number of ether oxygens (including phenoxy) is 2. The summed E-state index contributed by atoms with van der Waals surface area (Å²) in [6.45, 7) is 9.86. The van der Waals surface area contributed by atoms with E-state index in [9.17, 15) is 4.79 Å². The molecular weight excluding hydrogens is 382 g/mol. The lowest BCUT2D eigenvalue weighted by molar-refractivity contribution is -0.144. The number of benzene rings is 1. The molecule has 4 nitrogen and oxygen atoms in total. The van der Waals surface area contributed by atoms with Crippen molar-refractivity contribution >= 4 is 21.9 Å². The third kappa shape index (κ3) is 6.30. The van der Waals surface area contributed by atoms with Gasteiger partial charge in [-0.15, -0.1) is 0 Å². The lowest BCUT2D eigenvalue weighted by Crippen LogP contribution is -2.39. The van der Waals surface area contributed by atoms with Crippen molar-refractivity contribution in [3.63, 3.8) is 0 Å². The average Bonchev–Trinajstić information content (AvgIpc) is 2.59. The van der Waals surface area contributed by atoms with Crippen LogP contribution in [-0.4, -0.2) is 43.7 Å². The Morgan fingerprint density at radius 2 is 2.08 bits per heavy atom. The largest absolute Gasteiger partial charge is 0.493 e. The lowest BCUT2D eigenvalue weighted by Gasteiger charge is -2.34. The molecule has 0 spiro atoms. The highest BCUT2D eigenvalue weighted by atomic mass is 79.9. The predicted molar refractivity (Wildman–Crippen MR) is 104 cm³/mol. The first-order chi connectivity index (χ1) is 12.0. The maximum Gasteiger partial charge on any atom is 0.320 e. The molecule has 0 bridgehead atoms. The van der Waals surface area contributed by atoms with E-state index < -0.39 is 0 Å². The molecule has 1 saturated heterocycles. The Bertz CT molecular complexity index is 556. The fraction of sp³-hybridized carbons (Fsp3) is 0.650. The third-order valence-corrected chi connectivity index (χ3v) is 6.00. The fourth-order valence-corrected chi connectivity index (χ4v) is 3.75. The van der Waals surface area contributed by atoms with Gasteiger partial charge in [-0.2, -0.15) is 0 Å². The summed E-state index contributed by atoms with van der Waals surface area (Å²) in [5, 5.41) is 0. The Morgan fingerprint density at radius 1 is 1.36 bits per heavy atom. The summed E-state index contributed by atoms with van der Waals surface area (Å²) >= 11 is 3.54. The van der Waals surface area contributed by atoms with Crippen LogP contribution >= 0.6 is 15.9 Å². The summed E-state index contributed by atoms with van der Waals surface area (Å²) in [4.78, 5) is 13.8. The number of hydrogen-bond acceptors (Lipinski definition) is 4. The van der Waals surface area contributed by atoms with E-state index in [0.717, 1.165) is 54.7 Å². The summed E-state index contributed by atoms with van der Waals surface area (Å²) in [5.74, 6) is 2.21. The third-order valence-electron chi connectivity index (χ3n) is 5.14. The van der Waals surface area contributed by atoms with Gasteiger partial charge in [-0.05, 0) is 70.2 Å². The minimum Gasteiger partial charge on any atom is -0.493 e. The highest BCUT2D eigenvalue weighted by molar-refractivity contribution is 9.10. The summed E-state index contributed by atoms with van der Waals surface area (Å²) in [5.41, 5.74) is 1.16. The number of esters is 1. The van der Waals surface area contributed by atoms with Crippen LogP contribution in [-0.2, 0) is 9.53 Å². The minimum atomic E-state index is -0.105. The van der Waals surface area contributed by atoms with E-state index in [-0.39, 0.29) is 5.97 Å². The highest BCUT2D eigenvalue weighted by Crippen LogP contribution is 2.29.